The summed E-state index contributed by atoms with van der Waals surface area (Å²) in [7, 11) is 0. The van der Waals surface area contributed by atoms with Crippen molar-refractivity contribution in [3.05, 3.63) is 58.1 Å². The summed E-state index contributed by atoms with van der Waals surface area (Å²) in [5.74, 6) is -0.243. The van der Waals surface area contributed by atoms with Crippen molar-refractivity contribution in [3.8, 4) is 5.75 Å². The summed E-state index contributed by atoms with van der Waals surface area (Å²) in [6.07, 6.45) is 0. The lowest BCUT2D eigenvalue weighted by molar-refractivity contribution is 0.102. The van der Waals surface area contributed by atoms with Crippen molar-refractivity contribution < 1.29 is 9.90 Å². The Morgan fingerprint density at radius 1 is 1.00 bits per heavy atom. The van der Waals surface area contributed by atoms with E-state index in [2.05, 4.69) is 5.32 Å². The quantitative estimate of drug-likeness (QED) is 0.876. The number of amides is 1. The topological polar surface area (TPSA) is 49.3 Å². The van der Waals surface area contributed by atoms with Gasteiger partial charge in [-0.2, -0.15) is 0 Å². The van der Waals surface area contributed by atoms with Gasteiger partial charge < -0.3 is 10.4 Å². The van der Waals surface area contributed by atoms with Gasteiger partial charge in [-0.25, -0.2) is 0 Å². The number of rotatable bonds is 2. The molecule has 0 aliphatic rings. The predicted octanol–water partition coefficient (Wildman–Crippen LogP) is 3.95. The van der Waals surface area contributed by atoms with Crippen LogP contribution in [0.5, 0.6) is 5.75 Å². The minimum Gasteiger partial charge on any atom is -0.508 e. The van der Waals surface area contributed by atoms with Crippen LogP contribution in [0.25, 0.3) is 0 Å². The van der Waals surface area contributed by atoms with Crippen LogP contribution in [0.4, 0.5) is 5.69 Å². The number of phenols is 1. The fourth-order valence-corrected chi connectivity index (χ4v) is 1.91. The second-order valence-corrected chi connectivity index (χ2v) is 4.41. The van der Waals surface area contributed by atoms with Crippen LogP contribution in [0, 0.1) is 0 Å². The van der Waals surface area contributed by atoms with Gasteiger partial charge >= 0.3 is 0 Å². The van der Waals surface area contributed by atoms with Crippen LogP contribution in [0.15, 0.2) is 42.5 Å². The molecule has 0 spiro atoms. The summed E-state index contributed by atoms with van der Waals surface area (Å²) in [6, 6.07) is 10.9. The smallest absolute Gasteiger partial charge is 0.255 e. The zero-order valence-corrected chi connectivity index (χ0v) is 10.7. The van der Waals surface area contributed by atoms with Gasteiger partial charge in [0.2, 0.25) is 0 Å². The van der Waals surface area contributed by atoms with E-state index < -0.39 is 0 Å². The molecule has 0 aromatic heterocycles. The van der Waals surface area contributed by atoms with Crippen molar-refractivity contribution >= 4 is 34.8 Å². The molecule has 92 valence electrons. The van der Waals surface area contributed by atoms with Crippen LogP contribution in [-0.2, 0) is 0 Å². The zero-order valence-electron chi connectivity index (χ0n) is 9.15. The van der Waals surface area contributed by atoms with Gasteiger partial charge in [0.05, 0.1) is 15.7 Å². The second-order valence-electron chi connectivity index (χ2n) is 3.60. The van der Waals surface area contributed by atoms with E-state index >= 15 is 0 Å². The lowest BCUT2D eigenvalue weighted by Gasteiger charge is -2.09. The van der Waals surface area contributed by atoms with Crippen molar-refractivity contribution in [2.45, 2.75) is 0 Å². The summed E-state index contributed by atoms with van der Waals surface area (Å²) in [5, 5.41) is 12.5. The number of para-hydroxylation sites is 1. The number of aromatic hydroxyl groups is 1. The molecule has 18 heavy (non-hydrogen) atoms. The summed E-state index contributed by atoms with van der Waals surface area (Å²) in [5.41, 5.74) is 0.780. The lowest BCUT2D eigenvalue weighted by atomic mass is 10.2. The van der Waals surface area contributed by atoms with Crippen molar-refractivity contribution in [1.29, 1.82) is 0 Å². The van der Waals surface area contributed by atoms with Gasteiger partial charge in [-0.1, -0.05) is 29.3 Å². The summed E-state index contributed by atoms with van der Waals surface area (Å²) >= 11 is 11.9. The number of nitrogens with one attached hydrogen (secondary N) is 1. The van der Waals surface area contributed by atoms with Crippen LogP contribution >= 0.6 is 23.2 Å². The number of carbonyl (C=O) groups is 1. The Bertz CT molecular complexity index is 562. The van der Waals surface area contributed by atoms with Gasteiger partial charge in [-0.15, -0.1) is 0 Å². The number of carbonyl (C=O) groups excluding carboxylic acids is 1. The molecule has 2 rings (SSSR count). The van der Waals surface area contributed by atoms with Gasteiger partial charge in [0.1, 0.15) is 5.75 Å². The van der Waals surface area contributed by atoms with Gasteiger partial charge in [0, 0.05) is 5.56 Å². The lowest BCUT2D eigenvalue weighted by Crippen LogP contribution is -2.12. The third-order valence-electron chi connectivity index (χ3n) is 2.33. The van der Waals surface area contributed by atoms with Gasteiger partial charge in [0.15, 0.2) is 0 Å². The fourth-order valence-electron chi connectivity index (χ4n) is 1.42. The third kappa shape index (κ3) is 2.75. The molecular formula is C13H9Cl2NO2. The Balaban J connectivity index is 2.24. The standard InChI is InChI=1S/C13H9Cl2NO2/c14-10-2-1-3-11(15)12(10)16-13(18)8-4-6-9(17)7-5-8/h1-7,17H,(H,16,18). The average molecular weight is 282 g/mol. The van der Waals surface area contributed by atoms with Crippen LogP contribution < -0.4 is 5.32 Å². The molecule has 0 aliphatic heterocycles. The van der Waals surface area contributed by atoms with Gasteiger partial charge in [-0.3, -0.25) is 4.79 Å². The first-order valence-corrected chi connectivity index (χ1v) is 5.88. The molecule has 2 N–H and O–H groups in total. The molecule has 0 bridgehead atoms. The molecule has 0 atom stereocenters. The highest BCUT2D eigenvalue weighted by molar-refractivity contribution is 6.40. The summed E-state index contributed by atoms with van der Waals surface area (Å²) in [4.78, 5) is 11.9. The molecule has 0 radical (unpaired) electrons. The molecule has 1 amide bonds. The van der Waals surface area contributed by atoms with Crippen molar-refractivity contribution in [2.24, 2.45) is 0 Å². The van der Waals surface area contributed by atoms with Crippen LogP contribution in [0.3, 0.4) is 0 Å². The number of hydrogen-bond acceptors (Lipinski definition) is 2. The van der Waals surface area contributed by atoms with Crippen molar-refractivity contribution in [3.63, 3.8) is 0 Å². The Kier molecular flexibility index (Phi) is 3.75. The molecule has 0 fully saturated rings. The highest BCUT2D eigenvalue weighted by Gasteiger charge is 2.11. The van der Waals surface area contributed by atoms with E-state index in [4.69, 9.17) is 28.3 Å². The number of hydrogen-bond donors (Lipinski definition) is 2. The van der Waals surface area contributed by atoms with E-state index in [0.717, 1.165) is 0 Å². The maximum Gasteiger partial charge on any atom is 0.255 e. The van der Waals surface area contributed by atoms with E-state index in [1.807, 2.05) is 0 Å². The van der Waals surface area contributed by atoms with Crippen LogP contribution in [0.2, 0.25) is 10.0 Å². The number of anilines is 1. The number of phenolic OH excluding ortho intramolecular Hbond substituents is 1. The predicted molar refractivity (Wildman–Crippen MR) is 72.5 cm³/mol. The third-order valence-corrected chi connectivity index (χ3v) is 2.96. The maximum atomic E-state index is 11.9. The second kappa shape index (κ2) is 5.29. The largest absolute Gasteiger partial charge is 0.508 e. The first-order valence-electron chi connectivity index (χ1n) is 5.12. The Morgan fingerprint density at radius 3 is 2.11 bits per heavy atom. The molecule has 0 saturated carbocycles. The molecule has 2 aromatic rings. The molecule has 0 heterocycles. The van der Waals surface area contributed by atoms with Crippen LogP contribution in [-0.4, -0.2) is 11.0 Å². The molecular weight excluding hydrogens is 273 g/mol. The van der Waals surface area contributed by atoms with Gasteiger partial charge in [-0.05, 0) is 36.4 Å². The van der Waals surface area contributed by atoms with E-state index in [-0.39, 0.29) is 11.7 Å². The molecule has 3 nitrogen and oxygen atoms in total. The monoisotopic (exact) mass is 281 g/mol. The van der Waals surface area contributed by atoms with Crippen molar-refractivity contribution in [1.82, 2.24) is 0 Å². The normalized spacial score (nSPS) is 10.1. The Labute approximate surface area is 114 Å². The fraction of sp³-hybridized carbons (Fsp3) is 0. The Hall–Kier alpha value is -1.71. The molecule has 0 saturated heterocycles. The first-order chi connectivity index (χ1) is 8.58. The average Bonchev–Trinajstić information content (AvgIpc) is 2.34. The number of benzene rings is 2. The zero-order chi connectivity index (χ0) is 13.1. The molecule has 0 aliphatic carbocycles. The Morgan fingerprint density at radius 2 is 1.56 bits per heavy atom. The van der Waals surface area contributed by atoms with E-state index in [9.17, 15) is 4.79 Å². The van der Waals surface area contributed by atoms with E-state index in [0.29, 0.717) is 21.3 Å². The first kappa shape index (κ1) is 12.7. The minimum atomic E-state index is -0.343. The van der Waals surface area contributed by atoms with E-state index in [1.54, 1.807) is 18.2 Å². The summed E-state index contributed by atoms with van der Waals surface area (Å²) < 4.78 is 0. The highest BCUT2D eigenvalue weighted by Crippen LogP contribution is 2.30. The molecule has 2 aromatic carbocycles. The van der Waals surface area contributed by atoms with Crippen LogP contribution in [0.1, 0.15) is 10.4 Å². The summed E-state index contributed by atoms with van der Waals surface area (Å²) in [6.45, 7) is 0. The minimum absolute atomic E-state index is 0.0994. The van der Waals surface area contributed by atoms with E-state index in [1.165, 1.54) is 24.3 Å². The van der Waals surface area contributed by atoms with Crippen molar-refractivity contribution in [2.75, 3.05) is 5.32 Å². The highest BCUT2D eigenvalue weighted by atomic mass is 35.5. The van der Waals surface area contributed by atoms with Gasteiger partial charge in [0.25, 0.3) is 5.91 Å². The maximum absolute atomic E-state index is 11.9. The molecule has 0 unspecified atom stereocenters. The SMILES string of the molecule is O=C(Nc1c(Cl)cccc1Cl)c1ccc(O)cc1. The number of halogens is 2. The molecule has 5 heteroatoms.